The first-order valence-corrected chi connectivity index (χ1v) is 8.27. The van der Waals surface area contributed by atoms with Crippen LogP contribution in [-0.4, -0.2) is 45.8 Å². The molecule has 0 saturated carbocycles. The highest BCUT2D eigenvalue weighted by molar-refractivity contribution is 5.80. The van der Waals surface area contributed by atoms with Crippen molar-refractivity contribution in [1.29, 1.82) is 0 Å². The molecule has 2 unspecified atom stereocenters. The largest absolute Gasteiger partial charge is 0.469 e. The molecule has 0 aliphatic rings. The quantitative estimate of drug-likeness (QED) is 0.313. The number of hydrogen-bond donors (Lipinski definition) is 2. The van der Waals surface area contributed by atoms with E-state index < -0.39 is 0 Å². The van der Waals surface area contributed by atoms with Crippen LogP contribution < -0.4 is 10.6 Å². The number of nitrogens with zero attached hydrogens (tertiary/aromatic N) is 1. The van der Waals surface area contributed by atoms with Crippen LogP contribution >= 0.6 is 0 Å². The van der Waals surface area contributed by atoms with E-state index in [2.05, 4.69) is 34.7 Å². The van der Waals surface area contributed by atoms with Crippen LogP contribution in [0.3, 0.4) is 0 Å². The Labute approximate surface area is 144 Å². The van der Waals surface area contributed by atoms with E-state index in [9.17, 15) is 4.79 Å². The molecule has 1 aromatic rings. The number of benzene rings is 1. The summed E-state index contributed by atoms with van der Waals surface area (Å²) in [6.07, 6.45) is 0.953. The molecule has 0 fully saturated rings. The van der Waals surface area contributed by atoms with Crippen molar-refractivity contribution in [2.75, 3.05) is 33.9 Å². The Balaban J connectivity index is 2.17. The molecule has 6 nitrogen and oxygen atoms in total. The fraction of sp³-hybridized carbons (Fsp3) is 0.556. The van der Waals surface area contributed by atoms with Crippen molar-refractivity contribution in [3.8, 4) is 0 Å². The van der Waals surface area contributed by atoms with Crippen molar-refractivity contribution < 1.29 is 14.3 Å². The SMILES string of the molecule is CN=C(NCCCOC(C)c1ccccc1)NCC(C)C(=O)OC. The lowest BCUT2D eigenvalue weighted by molar-refractivity contribution is -0.144. The third kappa shape index (κ3) is 7.46. The van der Waals surface area contributed by atoms with Gasteiger partial charge in [-0.3, -0.25) is 9.79 Å². The summed E-state index contributed by atoms with van der Waals surface area (Å²) in [7, 11) is 3.09. The third-order valence-electron chi connectivity index (χ3n) is 3.65. The molecule has 134 valence electrons. The Morgan fingerprint density at radius 1 is 1.21 bits per heavy atom. The minimum atomic E-state index is -0.235. The van der Waals surface area contributed by atoms with Gasteiger partial charge in [-0.15, -0.1) is 0 Å². The Morgan fingerprint density at radius 2 is 1.92 bits per heavy atom. The van der Waals surface area contributed by atoms with Crippen molar-refractivity contribution in [3.63, 3.8) is 0 Å². The number of ether oxygens (including phenoxy) is 2. The van der Waals surface area contributed by atoms with E-state index >= 15 is 0 Å². The monoisotopic (exact) mass is 335 g/mol. The zero-order valence-electron chi connectivity index (χ0n) is 15.0. The first-order valence-electron chi connectivity index (χ1n) is 8.27. The van der Waals surface area contributed by atoms with Gasteiger partial charge in [0.15, 0.2) is 5.96 Å². The van der Waals surface area contributed by atoms with E-state index in [1.54, 1.807) is 7.05 Å². The Kier molecular flexibility index (Phi) is 9.53. The van der Waals surface area contributed by atoms with Crippen molar-refractivity contribution in [2.45, 2.75) is 26.4 Å². The van der Waals surface area contributed by atoms with Gasteiger partial charge < -0.3 is 20.1 Å². The molecule has 0 aliphatic carbocycles. The smallest absolute Gasteiger partial charge is 0.310 e. The van der Waals surface area contributed by atoms with Gasteiger partial charge in [-0.2, -0.15) is 0 Å². The summed E-state index contributed by atoms with van der Waals surface area (Å²) in [5.41, 5.74) is 1.18. The van der Waals surface area contributed by atoms with Crippen LogP contribution in [0.1, 0.15) is 31.9 Å². The Morgan fingerprint density at radius 3 is 2.54 bits per heavy atom. The average molecular weight is 335 g/mol. The number of hydrogen-bond acceptors (Lipinski definition) is 4. The number of guanidine groups is 1. The Hall–Kier alpha value is -2.08. The van der Waals surface area contributed by atoms with Crippen LogP contribution in [-0.2, 0) is 14.3 Å². The first kappa shape index (κ1) is 20.0. The predicted molar refractivity (Wildman–Crippen MR) is 96.0 cm³/mol. The van der Waals surface area contributed by atoms with Gasteiger partial charge in [0.05, 0.1) is 19.1 Å². The number of aliphatic imine (C=N–C) groups is 1. The molecule has 0 heterocycles. The Bertz CT molecular complexity index is 505. The average Bonchev–Trinajstić information content (AvgIpc) is 2.63. The van der Waals surface area contributed by atoms with Gasteiger partial charge in [0.25, 0.3) is 0 Å². The molecule has 6 heteroatoms. The highest BCUT2D eigenvalue weighted by Gasteiger charge is 2.13. The van der Waals surface area contributed by atoms with E-state index in [-0.39, 0.29) is 18.0 Å². The maximum Gasteiger partial charge on any atom is 0.310 e. The minimum Gasteiger partial charge on any atom is -0.469 e. The summed E-state index contributed by atoms with van der Waals surface area (Å²) in [4.78, 5) is 15.5. The molecule has 2 N–H and O–H groups in total. The zero-order chi connectivity index (χ0) is 17.8. The lowest BCUT2D eigenvalue weighted by Crippen LogP contribution is -2.41. The fourth-order valence-electron chi connectivity index (χ4n) is 2.11. The maximum absolute atomic E-state index is 11.4. The summed E-state index contributed by atoms with van der Waals surface area (Å²) in [6, 6.07) is 10.2. The molecule has 0 saturated heterocycles. The molecule has 2 atom stereocenters. The molecule has 0 radical (unpaired) electrons. The number of methoxy groups -OCH3 is 1. The molecule has 1 rings (SSSR count). The second kappa shape index (κ2) is 11.5. The summed E-state index contributed by atoms with van der Waals surface area (Å²) in [5.74, 6) is 0.215. The molecule has 1 aromatic carbocycles. The molecular weight excluding hydrogens is 306 g/mol. The van der Waals surface area contributed by atoms with Gasteiger partial charge in [-0.1, -0.05) is 37.3 Å². The predicted octanol–water partition coefficient (Wildman–Crippen LogP) is 2.13. The second-order valence-electron chi connectivity index (χ2n) is 5.58. The lowest BCUT2D eigenvalue weighted by atomic mass is 10.1. The number of carbonyl (C=O) groups excluding carboxylic acids is 1. The van der Waals surface area contributed by atoms with E-state index in [1.807, 2.05) is 25.1 Å². The highest BCUT2D eigenvalue weighted by Crippen LogP contribution is 2.15. The van der Waals surface area contributed by atoms with Crippen LogP contribution in [0.5, 0.6) is 0 Å². The molecule has 0 spiro atoms. The summed E-state index contributed by atoms with van der Waals surface area (Å²) in [5, 5.41) is 6.31. The second-order valence-corrected chi connectivity index (χ2v) is 5.58. The van der Waals surface area contributed by atoms with Gasteiger partial charge in [-0.25, -0.2) is 0 Å². The number of rotatable bonds is 9. The molecule has 24 heavy (non-hydrogen) atoms. The number of carbonyl (C=O) groups is 1. The maximum atomic E-state index is 11.4. The van der Waals surface area contributed by atoms with E-state index in [0.29, 0.717) is 19.1 Å². The van der Waals surface area contributed by atoms with Gasteiger partial charge in [-0.05, 0) is 18.9 Å². The molecule has 0 aliphatic heterocycles. The van der Waals surface area contributed by atoms with Crippen LogP contribution in [0.4, 0.5) is 0 Å². The third-order valence-corrected chi connectivity index (χ3v) is 3.65. The van der Waals surface area contributed by atoms with Crippen molar-refractivity contribution >= 4 is 11.9 Å². The minimum absolute atomic E-state index is 0.0875. The lowest BCUT2D eigenvalue weighted by Gasteiger charge is -2.16. The van der Waals surface area contributed by atoms with E-state index in [4.69, 9.17) is 9.47 Å². The van der Waals surface area contributed by atoms with Gasteiger partial charge in [0, 0.05) is 26.7 Å². The van der Waals surface area contributed by atoms with E-state index in [0.717, 1.165) is 13.0 Å². The normalized spacial score (nSPS) is 13.9. The van der Waals surface area contributed by atoms with Gasteiger partial charge in [0.1, 0.15) is 0 Å². The van der Waals surface area contributed by atoms with Crippen molar-refractivity contribution in [1.82, 2.24) is 10.6 Å². The standard InChI is InChI=1S/C18H29N3O3/c1-14(17(22)23-4)13-21-18(19-3)20-11-8-12-24-15(2)16-9-6-5-7-10-16/h5-7,9-10,14-15H,8,11-13H2,1-4H3,(H2,19,20,21). The summed E-state index contributed by atoms with van der Waals surface area (Å²) < 4.78 is 10.5. The van der Waals surface area contributed by atoms with Crippen LogP contribution in [0.15, 0.2) is 35.3 Å². The van der Waals surface area contributed by atoms with Gasteiger partial charge >= 0.3 is 5.97 Å². The van der Waals surface area contributed by atoms with Crippen LogP contribution in [0.2, 0.25) is 0 Å². The van der Waals surface area contributed by atoms with Crippen LogP contribution in [0.25, 0.3) is 0 Å². The topological polar surface area (TPSA) is 72.0 Å². The fourth-order valence-corrected chi connectivity index (χ4v) is 2.11. The number of nitrogens with one attached hydrogen (secondary N) is 2. The summed E-state index contributed by atoms with van der Waals surface area (Å²) >= 11 is 0. The summed E-state index contributed by atoms with van der Waals surface area (Å²) in [6.45, 7) is 5.75. The van der Waals surface area contributed by atoms with Crippen molar-refractivity contribution in [2.24, 2.45) is 10.9 Å². The first-order chi connectivity index (χ1) is 11.6. The van der Waals surface area contributed by atoms with Crippen molar-refractivity contribution in [3.05, 3.63) is 35.9 Å². The molecule has 0 bridgehead atoms. The highest BCUT2D eigenvalue weighted by atomic mass is 16.5. The van der Waals surface area contributed by atoms with E-state index in [1.165, 1.54) is 12.7 Å². The number of esters is 1. The zero-order valence-corrected chi connectivity index (χ0v) is 15.0. The molecule has 0 aromatic heterocycles. The molecular formula is C18H29N3O3. The molecule has 0 amide bonds. The van der Waals surface area contributed by atoms with Gasteiger partial charge in [0.2, 0.25) is 0 Å². The van der Waals surface area contributed by atoms with Crippen LogP contribution in [0, 0.1) is 5.92 Å².